The molecule has 3 rings (SSSR count). The van der Waals surface area contributed by atoms with Crippen LogP contribution in [0, 0.1) is 0 Å². The first-order chi connectivity index (χ1) is 12.2. The Morgan fingerprint density at radius 3 is 2.32 bits per heavy atom. The zero-order chi connectivity index (χ0) is 17.6. The molecule has 5 nitrogen and oxygen atoms in total. The molecule has 0 unspecified atom stereocenters. The SMILES string of the molecule is CCCOC1CCC(c2cnc(-c3ccc(C(N)=O)cc3)nc2)CC1. The van der Waals surface area contributed by atoms with E-state index in [4.69, 9.17) is 10.5 Å². The number of ether oxygens (including phenoxy) is 1. The van der Waals surface area contributed by atoms with Crippen LogP contribution in [0.3, 0.4) is 0 Å². The Kier molecular flexibility index (Phi) is 5.76. The summed E-state index contributed by atoms with van der Waals surface area (Å²) in [5.41, 5.74) is 7.83. The second kappa shape index (κ2) is 8.21. The maximum atomic E-state index is 11.1. The number of carbonyl (C=O) groups excluding carboxylic acids is 1. The van der Waals surface area contributed by atoms with E-state index in [1.165, 1.54) is 5.56 Å². The van der Waals surface area contributed by atoms with Crippen LogP contribution < -0.4 is 5.73 Å². The molecule has 0 spiro atoms. The molecule has 1 aromatic carbocycles. The molecule has 0 radical (unpaired) electrons. The van der Waals surface area contributed by atoms with Gasteiger partial charge in [-0.2, -0.15) is 0 Å². The predicted molar refractivity (Wildman–Crippen MR) is 97.2 cm³/mol. The van der Waals surface area contributed by atoms with Crippen molar-refractivity contribution in [3.63, 3.8) is 0 Å². The van der Waals surface area contributed by atoms with E-state index < -0.39 is 5.91 Å². The standard InChI is InChI=1S/C20H25N3O2/c1-2-11-25-18-9-7-14(8-10-18)17-12-22-20(23-13-17)16-5-3-15(4-6-16)19(21)24/h3-6,12-14,18H,2,7-11H2,1H3,(H2,21,24). The van der Waals surface area contributed by atoms with Crippen molar-refractivity contribution in [2.45, 2.75) is 51.0 Å². The van der Waals surface area contributed by atoms with Crippen molar-refractivity contribution in [3.05, 3.63) is 47.8 Å². The largest absolute Gasteiger partial charge is 0.378 e. The number of aromatic nitrogens is 2. The summed E-state index contributed by atoms with van der Waals surface area (Å²) in [4.78, 5) is 20.1. The highest BCUT2D eigenvalue weighted by molar-refractivity contribution is 5.93. The molecule has 5 heteroatoms. The van der Waals surface area contributed by atoms with Gasteiger partial charge >= 0.3 is 0 Å². The third-order valence-corrected chi connectivity index (χ3v) is 4.80. The van der Waals surface area contributed by atoms with Crippen LogP contribution in [0.4, 0.5) is 0 Å². The summed E-state index contributed by atoms with van der Waals surface area (Å²) in [5.74, 6) is 0.758. The summed E-state index contributed by atoms with van der Waals surface area (Å²) >= 11 is 0. The number of primary amides is 1. The lowest BCUT2D eigenvalue weighted by Gasteiger charge is -2.28. The third-order valence-electron chi connectivity index (χ3n) is 4.80. The lowest BCUT2D eigenvalue weighted by molar-refractivity contribution is 0.0251. The number of hydrogen-bond donors (Lipinski definition) is 1. The molecule has 1 aromatic heterocycles. The molecule has 0 aliphatic heterocycles. The minimum Gasteiger partial charge on any atom is -0.378 e. The average Bonchev–Trinajstić information content (AvgIpc) is 2.67. The summed E-state index contributed by atoms with van der Waals surface area (Å²) in [5, 5.41) is 0. The molecule has 2 N–H and O–H groups in total. The summed E-state index contributed by atoms with van der Waals surface area (Å²) in [6.07, 6.45) is 9.84. The first kappa shape index (κ1) is 17.5. The zero-order valence-corrected chi connectivity index (χ0v) is 14.6. The Labute approximate surface area is 148 Å². The second-order valence-electron chi connectivity index (χ2n) is 6.63. The Morgan fingerprint density at radius 1 is 1.12 bits per heavy atom. The van der Waals surface area contributed by atoms with Crippen LogP contribution in [-0.4, -0.2) is 28.6 Å². The van der Waals surface area contributed by atoms with Crippen LogP contribution in [0.25, 0.3) is 11.4 Å². The molecular weight excluding hydrogens is 314 g/mol. The number of hydrogen-bond acceptors (Lipinski definition) is 4. The van der Waals surface area contributed by atoms with E-state index in [2.05, 4.69) is 16.9 Å². The molecule has 1 amide bonds. The van der Waals surface area contributed by atoms with Crippen molar-refractivity contribution in [1.82, 2.24) is 9.97 Å². The van der Waals surface area contributed by atoms with E-state index in [0.29, 0.717) is 23.4 Å². The van der Waals surface area contributed by atoms with Gasteiger partial charge in [0.25, 0.3) is 0 Å². The molecule has 1 saturated carbocycles. The topological polar surface area (TPSA) is 78.1 Å². The van der Waals surface area contributed by atoms with Gasteiger partial charge in [0.05, 0.1) is 6.10 Å². The van der Waals surface area contributed by atoms with E-state index in [1.807, 2.05) is 24.5 Å². The van der Waals surface area contributed by atoms with Crippen LogP contribution in [0.2, 0.25) is 0 Å². The van der Waals surface area contributed by atoms with Crippen LogP contribution >= 0.6 is 0 Å². The molecule has 1 fully saturated rings. The van der Waals surface area contributed by atoms with Gasteiger partial charge in [0, 0.05) is 30.1 Å². The van der Waals surface area contributed by atoms with Crippen LogP contribution in [-0.2, 0) is 4.74 Å². The maximum absolute atomic E-state index is 11.1. The van der Waals surface area contributed by atoms with E-state index in [1.54, 1.807) is 12.1 Å². The fraction of sp³-hybridized carbons (Fsp3) is 0.450. The summed E-state index contributed by atoms with van der Waals surface area (Å²) in [7, 11) is 0. The highest BCUT2D eigenvalue weighted by atomic mass is 16.5. The molecule has 132 valence electrons. The highest BCUT2D eigenvalue weighted by Gasteiger charge is 2.23. The van der Waals surface area contributed by atoms with Gasteiger partial charge in [0.2, 0.25) is 5.91 Å². The van der Waals surface area contributed by atoms with Gasteiger partial charge in [-0.25, -0.2) is 9.97 Å². The highest BCUT2D eigenvalue weighted by Crippen LogP contribution is 2.33. The van der Waals surface area contributed by atoms with Gasteiger partial charge in [0.1, 0.15) is 0 Å². The van der Waals surface area contributed by atoms with Gasteiger partial charge < -0.3 is 10.5 Å². The zero-order valence-electron chi connectivity index (χ0n) is 14.6. The maximum Gasteiger partial charge on any atom is 0.248 e. The molecule has 1 heterocycles. The number of nitrogens with two attached hydrogens (primary N) is 1. The molecule has 25 heavy (non-hydrogen) atoms. The van der Waals surface area contributed by atoms with Crippen molar-refractivity contribution >= 4 is 5.91 Å². The van der Waals surface area contributed by atoms with Gasteiger partial charge in [-0.05, 0) is 55.7 Å². The quantitative estimate of drug-likeness (QED) is 0.870. The first-order valence-corrected chi connectivity index (χ1v) is 9.01. The molecular formula is C20H25N3O2. The number of amides is 1. The van der Waals surface area contributed by atoms with Crippen LogP contribution in [0.5, 0.6) is 0 Å². The van der Waals surface area contributed by atoms with Crippen LogP contribution in [0.1, 0.15) is 60.9 Å². The Morgan fingerprint density at radius 2 is 1.76 bits per heavy atom. The van der Waals surface area contributed by atoms with E-state index in [9.17, 15) is 4.79 Å². The van der Waals surface area contributed by atoms with E-state index >= 15 is 0 Å². The minimum absolute atomic E-state index is 0.417. The average molecular weight is 339 g/mol. The number of carbonyl (C=O) groups is 1. The Balaban J connectivity index is 1.62. The third kappa shape index (κ3) is 4.42. The van der Waals surface area contributed by atoms with E-state index in [-0.39, 0.29) is 0 Å². The van der Waals surface area contributed by atoms with Gasteiger partial charge in [0.15, 0.2) is 5.82 Å². The fourth-order valence-electron chi connectivity index (χ4n) is 3.33. The molecule has 1 aliphatic carbocycles. The first-order valence-electron chi connectivity index (χ1n) is 9.01. The van der Waals surface area contributed by atoms with Gasteiger partial charge in [-0.15, -0.1) is 0 Å². The predicted octanol–water partition coefficient (Wildman–Crippen LogP) is 3.70. The monoisotopic (exact) mass is 339 g/mol. The second-order valence-corrected chi connectivity index (χ2v) is 6.63. The molecule has 0 atom stereocenters. The smallest absolute Gasteiger partial charge is 0.248 e. The van der Waals surface area contributed by atoms with Crippen molar-refractivity contribution < 1.29 is 9.53 Å². The summed E-state index contributed by atoms with van der Waals surface area (Å²) in [6.45, 7) is 3.01. The Bertz CT molecular complexity index is 690. The van der Waals surface area contributed by atoms with Crippen molar-refractivity contribution in [1.29, 1.82) is 0 Å². The number of rotatable bonds is 6. The lowest BCUT2D eigenvalue weighted by Crippen LogP contribution is -2.21. The molecule has 0 saturated heterocycles. The molecule has 1 aliphatic rings. The van der Waals surface area contributed by atoms with Crippen LogP contribution in [0.15, 0.2) is 36.7 Å². The molecule has 2 aromatic rings. The van der Waals surface area contributed by atoms with E-state index in [0.717, 1.165) is 44.3 Å². The van der Waals surface area contributed by atoms with Gasteiger partial charge in [-0.1, -0.05) is 19.1 Å². The molecule has 0 bridgehead atoms. The van der Waals surface area contributed by atoms with Crippen molar-refractivity contribution in [2.75, 3.05) is 6.61 Å². The lowest BCUT2D eigenvalue weighted by atomic mass is 9.84. The van der Waals surface area contributed by atoms with Crippen molar-refractivity contribution in [3.8, 4) is 11.4 Å². The fourth-order valence-corrected chi connectivity index (χ4v) is 3.33. The normalized spacial score (nSPS) is 20.4. The van der Waals surface area contributed by atoms with Crippen molar-refractivity contribution in [2.24, 2.45) is 5.73 Å². The number of nitrogens with zero attached hydrogens (tertiary/aromatic N) is 2. The minimum atomic E-state index is -0.429. The number of benzene rings is 1. The van der Waals surface area contributed by atoms with Gasteiger partial charge in [-0.3, -0.25) is 4.79 Å². The summed E-state index contributed by atoms with van der Waals surface area (Å²) < 4.78 is 5.86. The Hall–Kier alpha value is -2.27. The summed E-state index contributed by atoms with van der Waals surface area (Å²) in [6, 6.07) is 7.05.